The largest absolute Gasteiger partial charge is 0.347 e. The molecule has 2 aromatic rings. The Balaban J connectivity index is 1.85. The Morgan fingerprint density at radius 3 is 3.17 bits per heavy atom. The maximum Gasteiger partial charge on any atom is 0.261 e. The molecule has 1 aliphatic heterocycles. The maximum atomic E-state index is 12.1. The number of aryl methyl sites for hydroxylation is 2. The molecule has 6 heteroatoms. The number of nitrogens with zero attached hydrogens (tertiary/aromatic N) is 2. The Morgan fingerprint density at radius 1 is 1.67 bits per heavy atom. The number of nitrogens with one attached hydrogen (secondary N) is 2. The summed E-state index contributed by atoms with van der Waals surface area (Å²) < 4.78 is 1.84. The first-order valence-corrected chi connectivity index (χ1v) is 6.91. The van der Waals surface area contributed by atoms with Crippen molar-refractivity contribution in [2.75, 3.05) is 13.1 Å². The molecule has 2 N–H and O–H groups in total. The zero-order chi connectivity index (χ0) is 12.7. The second-order valence-corrected chi connectivity index (χ2v) is 5.73. The standard InChI is InChI=1S/C12H16N4OS/c1-7-9-5-10(18-12(9)16(2)15-7)11(17)14-8-3-4-13-6-8/h5,8,13H,3-4,6H2,1-2H3,(H,14,17). The molecule has 0 bridgehead atoms. The van der Waals surface area contributed by atoms with E-state index < -0.39 is 0 Å². The molecule has 2 aromatic heterocycles. The average Bonchev–Trinajstić information content (AvgIpc) is 3.00. The molecule has 3 rings (SSSR count). The van der Waals surface area contributed by atoms with Crippen LogP contribution in [0.25, 0.3) is 10.2 Å². The van der Waals surface area contributed by atoms with Gasteiger partial charge >= 0.3 is 0 Å². The van der Waals surface area contributed by atoms with E-state index in [4.69, 9.17) is 0 Å². The molecule has 1 saturated heterocycles. The van der Waals surface area contributed by atoms with Crippen molar-refractivity contribution in [3.63, 3.8) is 0 Å². The van der Waals surface area contributed by atoms with Gasteiger partial charge in [0.2, 0.25) is 0 Å². The highest BCUT2D eigenvalue weighted by Crippen LogP contribution is 2.27. The molecular formula is C12H16N4OS. The highest BCUT2D eigenvalue weighted by molar-refractivity contribution is 7.20. The Hall–Kier alpha value is -1.40. The van der Waals surface area contributed by atoms with Gasteiger partial charge in [0.1, 0.15) is 4.83 Å². The molecule has 1 amide bonds. The van der Waals surface area contributed by atoms with Crippen LogP contribution in [0, 0.1) is 6.92 Å². The SMILES string of the molecule is Cc1nn(C)c2sc(C(=O)NC3CCNC3)cc12. The van der Waals surface area contributed by atoms with E-state index >= 15 is 0 Å². The van der Waals surface area contributed by atoms with Crippen molar-refractivity contribution in [3.8, 4) is 0 Å². The average molecular weight is 264 g/mol. The van der Waals surface area contributed by atoms with E-state index in [1.165, 1.54) is 11.3 Å². The van der Waals surface area contributed by atoms with Crippen LogP contribution in [-0.4, -0.2) is 34.8 Å². The molecule has 0 radical (unpaired) electrons. The van der Waals surface area contributed by atoms with E-state index in [1.54, 1.807) is 0 Å². The summed E-state index contributed by atoms with van der Waals surface area (Å²) in [7, 11) is 1.91. The Kier molecular flexibility index (Phi) is 2.83. The summed E-state index contributed by atoms with van der Waals surface area (Å²) >= 11 is 1.50. The van der Waals surface area contributed by atoms with Gasteiger partial charge in [-0.1, -0.05) is 0 Å². The summed E-state index contributed by atoms with van der Waals surface area (Å²) in [6, 6.07) is 2.21. The third kappa shape index (κ3) is 1.91. The number of amides is 1. The second kappa shape index (κ2) is 4.37. The zero-order valence-electron chi connectivity index (χ0n) is 10.5. The van der Waals surface area contributed by atoms with Crippen LogP contribution in [0.1, 0.15) is 21.8 Å². The fraction of sp³-hybridized carbons (Fsp3) is 0.500. The van der Waals surface area contributed by atoms with Crippen molar-refractivity contribution in [2.24, 2.45) is 7.05 Å². The fourth-order valence-corrected chi connectivity index (χ4v) is 3.38. The first-order valence-electron chi connectivity index (χ1n) is 6.10. The van der Waals surface area contributed by atoms with Crippen LogP contribution >= 0.6 is 11.3 Å². The number of carbonyl (C=O) groups excluding carboxylic acids is 1. The first-order chi connectivity index (χ1) is 8.65. The molecule has 0 aliphatic carbocycles. The minimum absolute atomic E-state index is 0.0318. The summed E-state index contributed by atoms with van der Waals surface area (Å²) in [5, 5.41) is 11.7. The Labute approximate surface area is 109 Å². The van der Waals surface area contributed by atoms with E-state index in [9.17, 15) is 4.79 Å². The monoisotopic (exact) mass is 264 g/mol. The predicted octanol–water partition coefficient (Wildman–Crippen LogP) is 1.03. The predicted molar refractivity (Wildman–Crippen MR) is 72.1 cm³/mol. The molecule has 96 valence electrons. The number of hydrogen-bond donors (Lipinski definition) is 2. The summed E-state index contributed by atoms with van der Waals surface area (Å²) in [5.41, 5.74) is 0.977. The van der Waals surface area contributed by atoms with Crippen molar-refractivity contribution in [3.05, 3.63) is 16.6 Å². The van der Waals surface area contributed by atoms with Gasteiger partial charge in [-0.3, -0.25) is 9.48 Å². The molecule has 0 saturated carbocycles. The number of fused-ring (bicyclic) bond motifs is 1. The first kappa shape index (κ1) is 11.7. The number of carbonyl (C=O) groups is 1. The van der Waals surface area contributed by atoms with Gasteiger partial charge in [0, 0.05) is 25.0 Å². The van der Waals surface area contributed by atoms with Crippen LogP contribution in [0.3, 0.4) is 0 Å². The molecule has 5 nitrogen and oxygen atoms in total. The lowest BCUT2D eigenvalue weighted by Gasteiger charge is -2.09. The Morgan fingerprint density at radius 2 is 2.50 bits per heavy atom. The third-order valence-corrected chi connectivity index (χ3v) is 4.52. The van der Waals surface area contributed by atoms with Gasteiger partial charge in [0.15, 0.2) is 0 Å². The molecule has 1 fully saturated rings. The van der Waals surface area contributed by atoms with Crippen molar-refractivity contribution >= 4 is 27.5 Å². The zero-order valence-corrected chi connectivity index (χ0v) is 11.3. The van der Waals surface area contributed by atoms with Gasteiger partial charge in [0.05, 0.1) is 10.6 Å². The van der Waals surface area contributed by atoms with Crippen LogP contribution in [0.15, 0.2) is 6.07 Å². The second-order valence-electron chi connectivity index (χ2n) is 4.70. The lowest BCUT2D eigenvalue weighted by atomic mass is 10.2. The number of aromatic nitrogens is 2. The quantitative estimate of drug-likeness (QED) is 0.852. The minimum Gasteiger partial charge on any atom is -0.347 e. The molecule has 1 aliphatic rings. The molecule has 3 heterocycles. The van der Waals surface area contributed by atoms with Crippen molar-refractivity contribution in [1.29, 1.82) is 0 Å². The van der Waals surface area contributed by atoms with E-state index in [1.807, 2.05) is 24.7 Å². The lowest BCUT2D eigenvalue weighted by molar-refractivity contribution is 0.0944. The van der Waals surface area contributed by atoms with E-state index in [0.717, 1.165) is 40.3 Å². The van der Waals surface area contributed by atoms with Gasteiger partial charge in [0.25, 0.3) is 5.91 Å². The fourth-order valence-electron chi connectivity index (χ4n) is 2.35. The highest BCUT2D eigenvalue weighted by atomic mass is 32.1. The van der Waals surface area contributed by atoms with Crippen LogP contribution in [0.5, 0.6) is 0 Å². The molecule has 1 atom stereocenters. The van der Waals surface area contributed by atoms with Crippen molar-refractivity contribution in [2.45, 2.75) is 19.4 Å². The van der Waals surface area contributed by atoms with Gasteiger partial charge in [-0.2, -0.15) is 5.10 Å². The van der Waals surface area contributed by atoms with Crippen LogP contribution < -0.4 is 10.6 Å². The van der Waals surface area contributed by atoms with Gasteiger partial charge in [-0.15, -0.1) is 11.3 Å². The molecule has 1 unspecified atom stereocenters. The Bertz CT molecular complexity index is 560. The summed E-state index contributed by atoms with van der Waals surface area (Å²) in [5.74, 6) is 0.0318. The smallest absolute Gasteiger partial charge is 0.261 e. The van der Waals surface area contributed by atoms with Crippen molar-refractivity contribution in [1.82, 2.24) is 20.4 Å². The minimum atomic E-state index is 0.0318. The summed E-state index contributed by atoms with van der Waals surface area (Å²) in [6.07, 6.45) is 1.01. The number of hydrogen-bond acceptors (Lipinski definition) is 4. The molecule has 18 heavy (non-hydrogen) atoms. The summed E-state index contributed by atoms with van der Waals surface area (Å²) in [4.78, 5) is 14.0. The van der Waals surface area contributed by atoms with Gasteiger partial charge < -0.3 is 10.6 Å². The van der Waals surface area contributed by atoms with Crippen molar-refractivity contribution < 1.29 is 4.79 Å². The lowest BCUT2D eigenvalue weighted by Crippen LogP contribution is -2.35. The summed E-state index contributed by atoms with van der Waals surface area (Å²) in [6.45, 7) is 3.83. The molecule has 0 aromatic carbocycles. The van der Waals surface area contributed by atoms with E-state index in [0.29, 0.717) is 0 Å². The van der Waals surface area contributed by atoms with Gasteiger partial charge in [-0.25, -0.2) is 0 Å². The number of thiophene rings is 1. The topological polar surface area (TPSA) is 59.0 Å². The van der Waals surface area contributed by atoms with E-state index in [-0.39, 0.29) is 11.9 Å². The molecule has 0 spiro atoms. The number of rotatable bonds is 2. The van der Waals surface area contributed by atoms with E-state index in [2.05, 4.69) is 15.7 Å². The van der Waals surface area contributed by atoms with Gasteiger partial charge in [-0.05, 0) is 26.0 Å². The maximum absolute atomic E-state index is 12.1. The van der Waals surface area contributed by atoms with Crippen LogP contribution in [-0.2, 0) is 7.05 Å². The molecular weight excluding hydrogens is 248 g/mol. The third-order valence-electron chi connectivity index (χ3n) is 3.32. The van der Waals surface area contributed by atoms with Crippen LogP contribution in [0.4, 0.5) is 0 Å². The highest BCUT2D eigenvalue weighted by Gasteiger charge is 2.20. The van der Waals surface area contributed by atoms with Crippen LogP contribution in [0.2, 0.25) is 0 Å². The normalized spacial score (nSPS) is 19.6.